The van der Waals surface area contributed by atoms with Gasteiger partial charge in [0, 0.05) is 24.0 Å². The summed E-state index contributed by atoms with van der Waals surface area (Å²) in [6.07, 6.45) is 0.888. The Bertz CT molecular complexity index is 1010. The topological polar surface area (TPSA) is 60.7 Å². The maximum atomic E-state index is 11.2. The molecule has 3 nitrogen and oxygen atoms in total. The Balaban J connectivity index is 2.14. The zero-order valence-corrected chi connectivity index (χ0v) is 19.7. The summed E-state index contributed by atoms with van der Waals surface area (Å²) in [6.45, 7) is 14.3. The zero-order valence-electron chi connectivity index (χ0n) is 19.7. The molecule has 3 heteroatoms. The van der Waals surface area contributed by atoms with Gasteiger partial charge in [-0.2, -0.15) is 0 Å². The van der Waals surface area contributed by atoms with Gasteiger partial charge in [0.05, 0.1) is 0 Å². The maximum absolute atomic E-state index is 11.2. The van der Waals surface area contributed by atoms with Gasteiger partial charge < -0.3 is 15.3 Å². The van der Waals surface area contributed by atoms with E-state index >= 15 is 0 Å². The molecule has 31 heavy (non-hydrogen) atoms. The zero-order chi connectivity index (χ0) is 23.1. The molecule has 0 aromatic heterocycles. The summed E-state index contributed by atoms with van der Waals surface area (Å²) in [5.41, 5.74) is 8.27. The minimum atomic E-state index is -0.105. The van der Waals surface area contributed by atoms with E-state index in [1.54, 1.807) is 12.1 Å². The van der Waals surface area contributed by atoms with Crippen molar-refractivity contribution in [3.63, 3.8) is 0 Å². The Labute approximate surface area is 186 Å². The SMILES string of the molecule is Cc1cc(C)c(Cc2cc(C(C)(C)C)cc(Cc3c(C)cc(C)cc3O)c2O)c(O)c1. The van der Waals surface area contributed by atoms with Gasteiger partial charge in [0.2, 0.25) is 0 Å². The molecule has 0 unspecified atom stereocenters. The predicted molar refractivity (Wildman–Crippen MR) is 128 cm³/mol. The van der Waals surface area contributed by atoms with Crippen LogP contribution in [0.15, 0.2) is 36.4 Å². The maximum Gasteiger partial charge on any atom is 0.122 e. The van der Waals surface area contributed by atoms with Crippen LogP contribution in [0.2, 0.25) is 0 Å². The predicted octanol–water partition coefficient (Wildman–Crippen LogP) is 6.52. The third-order valence-electron chi connectivity index (χ3n) is 6.06. The summed E-state index contributed by atoms with van der Waals surface area (Å²) in [5.74, 6) is 0.741. The lowest BCUT2D eigenvalue weighted by atomic mass is 9.82. The number of phenolic OH excluding ortho intramolecular Hbond substituents is 3. The monoisotopic (exact) mass is 418 g/mol. The average molecular weight is 419 g/mol. The molecule has 3 aromatic rings. The second kappa shape index (κ2) is 8.30. The van der Waals surface area contributed by atoms with Crippen LogP contribution in [0.25, 0.3) is 0 Å². The number of aryl methyl sites for hydroxylation is 4. The minimum Gasteiger partial charge on any atom is -0.508 e. The molecule has 3 aromatic carbocycles. The molecular formula is C28H34O3. The summed E-state index contributed by atoms with van der Waals surface area (Å²) < 4.78 is 0. The molecule has 0 fully saturated rings. The van der Waals surface area contributed by atoms with Crippen LogP contribution in [0.3, 0.4) is 0 Å². The van der Waals surface area contributed by atoms with Crippen molar-refractivity contribution in [1.82, 2.24) is 0 Å². The first kappa shape index (κ1) is 22.7. The number of aromatic hydroxyl groups is 3. The Hall–Kier alpha value is -2.94. The molecule has 0 bridgehead atoms. The Morgan fingerprint density at radius 1 is 0.613 bits per heavy atom. The molecule has 0 radical (unpaired) electrons. The van der Waals surface area contributed by atoms with Crippen molar-refractivity contribution in [3.05, 3.63) is 86.5 Å². The van der Waals surface area contributed by atoms with Crippen LogP contribution < -0.4 is 0 Å². The highest BCUT2D eigenvalue weighted by atomic mass is 16.3. The van der Waals surface area contributed by atoms with E-state index in [0.717, 1.165) is 50.1 Å². The first-order chi connectivity index (χ1) is 14.4. The summed E-state index contributed by atoms with van der Waals surface area (Å²) in [5, 5.41) is 32.3. The van der Waals surface area contributed by atoms with Crippen molar-refractivity contribution < 1.29 is 15.3 Å². The van der Waals surface area contributed by atoms with Crippen LogP contribution in [-0.4, -0.2) is 15.3 Å². The Kier molecular flexibility index (Phi) is 6.09. The van der Waals surface area contributed by atoms with E-state index < -0.39 is 0 Å². The minimum absolute atomic E-state index is 0.105. The normalized spacial score (nSPS) is 11.7. The summed E-state index contributed by atoms with van der Waals surface area (Å²) in [7, 11) is 0. The molecule has 164 valence electrons. The number of rotatable bonds is 4. The van der Waals surface area contributed by atoms with Crippen LogP contribution in [0, 0.1) is 27.7 Å². The van der Waals surface area contributed by atoms with Gasteiger partial charge in [-0.05, 0) is 84.2 Å². The lowest BCUT2D eigenvalue weighted by Gasteiger charge is -2.23. The van der Waals surface area contributed by atoms with Crippen LogP contribution in [-0.2, 0) is 18.3 Å². The fourth-order valence-corrected chi connectivity index (χ4v) is 4.25. The Morgan fingerprint density at radius 2 is 1.00 bits per heavy atom. The molecule has 0 aliphatic heterocycles. The van der Waals surface area contributed by atoms with E-state index in [1.807, 2.05) is 52.0 Å². The molecule has 0 saturated carbocycles. The fraction of sp³-hybridized carbons (Fsp3) is 0.357. The van der Waals surface area contributed by atoms with E-state index in [1.165, 1.54) is 0 Å². The molecule has 3 N–H and O–H groups in total. The smallest absolute Gasteiger partial charge is 0.122 e. The Morgan fingerprint density at radius 3 is 1.32 bits per heavy atom. The van der Waals surface area contributed by atoms with Gasteiger partial charge in [0.1, 0.15) is 17.2 Å². The molecule has 0 atom stereocenters. The van der Waals surface area contributed by atoms with Gasteiger partial charge in [0.15, 0.2) is 0 Å². The lowest BCUT2D eigenvalue weighted by molar-refractivity contribution is 0.455. The standard InChI is InChI=1S/C28H34O3/c1-16-8-18(3)23(25(29)10-16)14-20-12-22(28(5,6)7)13-21(27(20)31)15-24-19(4)9-17(2)11-26(24)30/h8-13,29-31H,14-15H2,1-7H3. The molecule has 0 saturated heterocycles. The van der Waals surface area contributed by atoms with Gasteiger partial charge in [-0.1, -0.05) is 45.0 Å². The third kappa shape index (κ3) is 4.87. The highest BCUT2D eigenvalue weighted by molar-refractivity contribution is 5.54. The van der Waals surface area contributed by atoms with E-state index in [-0.39, 0.29) is 22.7 Å². The number of hydrogen-bond donors (Lipinski definition) is 3. The molecule has 0 aliphatic rings. The highest BCUT2D eigenvalue weighted by Gasteiger charge is 2.21. The van der Waals surface area contributed by atoms with Crippen LogP contribution in [0.1, 0.15) is 70.8 Å². The van der Waals surface area contributed by atoms with E-state index in [0.29, 0.717) is 12.8 Å². The second-order valence-corrected chi connectivity index (χ2v) is 9.91. The van der Waals surface area contributed by atoms with E-state index in [9.17, 15) is 15.3 Å². The van der Waals surface area contributed by atoms with Gasteiger partial charge >= 0.3 is 0 Å². The van der Waals surface area contributed by atoms with Crippen LogP contribution in [0.5, 0.6) is 17.2 Å². The molecule has 0 spiro atoms. The summed E-state index contributed by atoms with van der Waals surface area (Å²) >= 11 is 0. The lowest BCUT2D eigenvalue weighted by Crippen LogP contribution is -2.13. The van der Waals surface area contributed by atoms with Crippen molar-refractivity contribution in [2.24, 2.45) is 0 Å². The van der Waals surface area contributed by atoms with Crippen molar-refractivity contribution >= 4 is 0 Å². The molecule has 3 rings (SSSR count). The number of benzene rings is 3. The summed E-state index contributed by atoms with van der Waals surface area (Å²) in [6, 6.07) is 11.7. The number of hydrogen-bond acceptors (Lipinski definition) is 3. The number of phenols is 3. The van der Waals surface area contributed by atoms with Gasteiger partial charge in [-0.25, -0.2) is 0 Å². The quantitative estimate of drug-likeness (QED) is 0.452. The fourth-order valence-electron chi connectivity index (χ4n) is 4.25. The summed E-state index contributed by atoms with van der Waals surface area (Å²) in [4.78, 5) is 0. The first-order valence-corrected chi connectivity index (χ1v) is 10.8. The van der Waals surface area contributed by atoms with E-state index in [2.05, 4.69) is 20.8 Å². The van der Waals surface area contributed by atoms with Gasteiger partial charge in [-0.15, -0.1) is 0 Å². The first-order valence-electron chi connectivity index (χ1n) is 10.8. The van der Waals surface area contributed by atoms with Crippen molar-refractivity contribution in [2.45, 2.75) is 66.7 Å². The van der Waals surface area contributed by atoms with Gasteiger partial charge in [0.25, 0.3) is 0 Å². The van der Waals surface area contributed by atoms with Crippen molar-refractivity contribution in [3.8, 4) is 17.2 Å². The molecule has 0 heterocycles. The largest absolute Gasteiger partial charge is 0.508 e. The third-order valence-corrected chi connectivity index (χ3v) is 6.06. The van der Waals surface area contributed by atoms with Crippen LogP contribution >= 0.6 is 0 Å². The average Bonchev–Trinajstić information content (AvgIpc) is 2.62. The van der Waals surface area contributed by atoms with Crippen molar-refractivity contribution in [2.75, 3.05) is 0 Å². The van der Waals surface area contributed by atoms with Gasteiger partial charge in [-0.3, -0.25) is 0 Å². The molecular weight excluding hydrogens is 384 g/mol. The van der Waals surface area contributed by atoms with Crippen molar-refractivity contribution in [1.29, 1.82) is 0 Å². The molecule has 0 aliphatic carbocycles. The van der Waals surface area contributed by atoms with Crippen LogP contribution in [0.4, 0.5) is 0 Å². The second-order valence-electron chi connectivity index (χ2n) is 9.91. The highest BCUT2D eigenvalue weighted by Crippen LogP contribution is 2.37. The van der Waals surface area contributed by atoms with E-state index in [4.69, 9.17) is 0 Å². The molecule has 0 amide bonds.